The van der Waals surface area contributed by atoms with Gasteiger partial charge in [0.1, 0.15) is 34.7 Å². The summed E-state index contributed by atoms with van der Waals surface area (Å²) in [6, 6.07) is 12.4. The number of halogens is 2. The quantitative estimate of drug-likeness (QED) is 0.434. The summed E-state index contributed by atoms with van der Waals surface area (Å²) in [5.41, 5.74) is 2.84. The SMILES string of the molecule is CC1CC(Nc2cc(N3CCC3)nc(Sc3ccc(NC(=O)c4c(F)cccc4F)cc3)n2)=NN1. The van der Waals surface area contributed by atoms with Crippen molar-refractivity contribution >= 4 is 40.8 Å². The fraction of sp³-hybridized carbons (Fsp3) is 0.250. The van der Waals surface area contributed by atoms with E-state index in [4.69, 9.17) is 4.98 Å². The molecule has 1 unspecified atom stereocenters. The number of benzene rings is 2. The Kier molecular flexibility index (Phi) is 6.49. The van der Waals surface area contributed by atoms with E-state index in [0.717, 1.165) is 54.6 Å². The van der Waals surface area contributed by atoms with E-state index >= 15 is 0 Å². The summed E-state index contributed by atoms with van der Waals surface area (Å²) in [6.07, 6.45) is 1.92. The Morgan fingerprint density at radius 3 is 2.49 bits per heavy atom. The first-order chi connectivity index (χ1) is 16.9. The molecule has 0 radical (unpaired) electrons. The van der Waals surface area contributed by atoms with Gasteiger partial charge in [-0.15, -0.1) is 0 Å². The van der Waals surface area contributed by atoms with Gasteiger partial charge in [-0.25, -0.2) is 18.7 Å². The molecule has 1 fully saturated rings. The van der Waals surface area contributed by atoms with Crippen molar-refractivity contribution in [2.75, 3.05) is 28.6 Å². The maximum atomic E-state index is 13.9. The van der Waals surface area contributed by atoms with Crippen LogP contribution in [0.1, 0.15) is 30.1 Å². The zero-order valence-electron chi connectivity index (χ0n) is 18.9. The third kappa shape index (κ3) is 5.35. The van der Waals surface area contributed by atoms with E-state index < -0.39 is 23.1 Å². The number of nitrogens with one attached hydrogen (secondary N) is 3. The van der Waals surface area contributed by atoms with Crippen LogP contribution in [0.2, 0.25) is 0 Å². The summed E-state index contributed by atoms with van der Waals surface area (Å²) < 4.78 is 27.7. The standard InChI is InChI=1S/C24H23F2N7OS/c1-14-12-20(32-31-14)28-19-13-21(33-10-3-11-33)30-24(29-19)35-16-8-6-15(7-9-16)27-23(34)22-17(25)4-2-5-18(22)26/h2,4-9,13-14,31H,3,10-12H2,1H3,(H,27,34)(H,28,29,30,32). The predicted octanol–water partition coefficient (Wildman–Crippen LogP) is 4.48. The van der Waals surface area contributed by atoms with Crippen LogP contribution < -0.4 is 21.0 Å². The van der Waals surface area contributed by atoms with Gasteiger partial charge in [0.15, 0.2) is 5.16 Å². The van der Waals surface area contributed by atoms with Crippen molar-refractivity contribution in [3.05, 3.63) is 65.7 Å². The lowest BCUT2D eigenvalue weighted by Gasteiger charge is -2.32. The normalized spacial score (nSPS) is 16.8. The summed E-state index contributed by atoms with van der Waals surface area (Å²) in [7, 11) is 0. The van der Waals surface area contributed by atoms with Crippen LogP contribution in [0, 0.1) is 11.6 Å². The maximum Gasteiger partial charge on any atom is 0.261 e. The van der Waals surface area contributed by atoms with Crippen molar-refractivity contribution in [2.45, 2.75) is 35.9 Å². The zero-order chi connectivity index (χ0) is 24.4. The average Bonchev–Trinajstić information content (AvgIpc) is 3.18. The number of amidine groups is 1. The summed E-state index contributed by atoms with van der Waals surface area (Å²) in [6.45, 7) is 3.97. The Bertz CT molecular complexity index is 1260. The molecule has 180 valence electrons. The van der Waals surface area contributed by atoms with Crippen molar-refractivity contribution in [3.63, 3.8) is 0 Å². The molecule has 3 N–H and O–H groups in total. The third-order valence-electron chi connectivity index (χ3n) is 5.58. The van der Waals surface area contributed by atoms with Crippen LogP contribution in [0.5, 0.6) is 0 Å². The summed E-state index contributed by atoms with van der Waals surface area (Å²) in [4.78, 5) is 24.7. The van der Waals surface area contributed by atoms with Crippen LogP contribution in [-0.2, 0) is 0 Å². The minimum atomic E-state index is -0.910. The van der Waals surface area contributed by atoms with Crippen LogP contribution in [0.25, 0.3) is 0 Å². The minimum Gasteiger partial charge on any atom is -0.356 e. The van der Waals surface area contributed by atoms with Gasteiger partial charge in [0.05, 0.1) is 0 Å². The summed E-state index contributed by atoms with van der Waals surface area (Å²) >= 11 is 1.38. The number of anilines is 3. The fourth-order valence-corrected chi connectivity index (χ4v) is 4.41. The summed E-state index contributed by atoms with van der Waals surface area (Å²) in [5.74, 6) is -0.310. The molecule has 5 rings (SSSR count). The molecule has 2 aromatic carbocycles. The Labute approximate surface area is 205 Å². The molecule has 1 saturated heterocycles. The van der Waals surface area contributed by atoms with Crippen molar-refractivity contribution in [1.82, 2.24) is 15.4 Å². The highest BCUT2D eigenvalue weighted by Gasteiger charge is 2.20. The molecule has 1 aromatic heterocycles. The van der Waals surface area contributed by atoms with E-state index in [1.807, 2.05) is 6.07 Å². The molecule has 3 heterocycles. The second-order valence-corrected chi connectivity index (χ2v) is 9.37. The fourth-order valence-electron chi connectivity index (χ4n) is 3.65. The van der Waals surface area contributed by atoms with Crippen molar-refractivity contribution in [2.24, 2.45) is 5.10 Å². The van der Waals surface area contributed by atoms with Crippen LogP contribution >= 0.6 is 11.8 Å². The number of hydrazone groups is 1. The first-order valence-electron chi connectivity index (χ1n) is 11.2. The number of nitrogens with zero attached hydrogens (tertiary/aromatic N) is 4. The molecule has 8 nitrogen and oxygen atoms in total. The van der Waals surface area contributed by atoms with Crippen molar-refractivity contribution in [1.29, 1.82) is 0 Å². The number of hydrogen-bond acceptors (Lipinski definition) is 8. The molecule has 0 spiro atoms. The number of carbonyl (C=O) groups excluding carboxylic acids is 1. The topological polar surface area (TPSA) is 94.5 Å². The van der Waals surface area contributed by atoms with Crippen molar-refractivity contribution in [3.8, 4) is 0 Å². The lowest BCUT2D eigenvalue weighted by Crippen LogP contribution is -2.37. The highest BCUT2D eigenvalue weighted by Crippen LogP contribution is 2.30. The van der Waals surface area contributed by atoms with Gasteiger partial charge < -0.3 is 21.0 Å². The molecule has 3 aromatic rings. The van der Waals surface area contributed by atoms with Crippen molar-refractivity contribution < 1.29 is 13.6 Å². The number of carbonyl (C=O) groups is 1. The molecule has 11 heteroatoms. The van der Waals surface area contributed by atoms with Gasteiger partial charge in [-0.2, -0.15) is 5.10 Å². The van der Waals surface area contributed by atoms with Gasteiger partial charge in [-0.05, 0) is 61.5 Å². The Hall–Kier alpha value is -3.73. The number of hydrogen-bond donors (Lipinski definition) is 3. The Balaban J connectivity index is 1.30. The largest absolute Gasteiger partial charge is 0.356 e. The van der Waals surface area contributed by atoms with Crippen LogP contribution in [0.4, 0.5) is 26.1 Å². The smallest absolute Gasteiger partial charge is 0.261 e. The zero-order valence-corrected chi connectivity index (χ0v) is 19.7. The Morgan fingerprint density at radius 2 is 1.86 bits per heavy atom. The van der Waals surface area contributed by atoms with Crippen LogP contribution in [0.3, 0.4) is 0 Å². The van der Waals surface area contributed by atoms with E-state index in [0.29, 0.717) is 16.7 Å². The van der Waals surface area contributed by atoms with Gasteiger partial charge in [0.2, 0.25) is 0 Å². The van der Waals surface area contributed by atoms with Gasteiger partial charge in [-0.3, -0.25) is 4.79 Å². The molecule has 35 heavy (non-hydrogen) atoms. The lowest BCUT2D eigenvalue weighted by atomic mass is 10.2. The highest BCUT2D eigenvalue weighted by molar-refractivity contribution is 7.99. The third-order valence-corrected chi connectivity index (χ3v) is 6.45. The molecule has 1 atom stereocenters. The summed E-state index contributed by atoms with van der Waals surface area (Å²) in [5, 5.41) is 10.7. The average molecular weight is 496 g/mol. The minimum absolute atomic E-state index is 0.275. The molecule has 0 bridgehead atoms. The van der Waals surface area contributed by atoms with E-state index in [1.54, 1.807) is 24.3 Å². The predicted molar refractivity (Wildman–Crippen MR) is 132 cm³/mol. The molecule has 0 aliphatic carbocycles. The van der Waals surface area contributed by atoms with Gasteiger partial charge in [-0.1, -0.05) is 6.07 Å². The molecular formula is C24H23F2N7OS. The first-order valence-corrected chi connectivity index (χ1v) is 12.0. The molecule has 2 aliphatic rings. The molecular weight excluding hydrogens is 472 g/mol. The molecule has 1 amide bonds. The maximum absolute atomic E-state index is 13.9. The van der Waals surface area contributed by atoms with E-state index in [1.165, 1.54) is 17.8 Å². The first kappa shape index (κ1) is 23.0. The number of rotatable bonds is 6. The monoisotopic (exact) mass is 495 g/mol. The van der Waals surface area contributed by atoms with Gasteiger partial charge in [0.25, 0.3) is 5.91 Å². The van der Waals surface area contributed by atoms with Crippen LogP contribution in [-0.4, -0.2) is 40.8 Å². The lowest BCUT2D eigenvalue weighted by molar-refractivity contribution is 0.101. The second-order valence-electron chi connectivity index (χ2n) is 8.33. The number of amides is 1. The van der Waals surface area contributed by atoms with Gasteiger partial charge >= 0.3 is 0 Å². The molecule has 0 saturated carbocycles. The number of aromatic nitrogens is 2. The Morgan fingerprint density at radius 1 is 1.11 bits per heavy atom. The second kappa shape index (κ2) is 9.87. The highest BCUT2D eigenvalue weighted by atomic mass is 32.2. The van der Waals surface area contributed by atoms with Gasteiger partial charge in [0, 0.05) is 42.2 Å². The van der Waals surface area contributed by atoms with E-state index in [2.05, 4.69) is 38.0 Å². The molecule has 2 aliphatic heterocycles. The van der Waals surface area contributed by atoms with E-state index in [9.17, 15) is 13.6 Å². The van der Waals surface area contributed by atoms with E-state index in [-0.39, 0.29) is 6.04 Å². The van der Waals surface area contributed by atoms with Crippen LogP contribution in [0.15, 0.2) is 63.7 Å².